The molecule has 0 bridgehead atoms. The zero-order valence-corrected chi connectivity index (χ0v) is 17.6. The fraction of sp³-hybridized carbons (Fsp3) is 0.238. The summed E-state index contributed by atoms with van der Waals surface area (Å²) in [4.78, 5) is 17.0. The summed E-state index contributed by atoms with van der Waals surface area (Å²) in [6, 6.07) is 8.75. The van der Waals surface area contributed by atoms with E-state index in [9.17, 15) is 4.79 Å². The number of nitrogens with zero attached hydrogens (tertiary/aromatic N) is 7. The number of methoxy groups -OCH3 is 1. The van der Waals surface area contributed by atoms with Gasteiger partial charge in [0.15, 0.2) is 17.1 Å². The van der Waals surface area contributed by atoms with E-state index >= 15 is 0 Å². The lowest BCUT2D eigenvalue weighted by Crippen LogP contribution is -2.18. The SMILES string of the molecule is CCn1ccc2nc(COc3nn4c(-c5cc(C)on5)nnc4cc3OC)ccc2c1=O. The largest absolute Gasteiger partial charge is 0.491 e. The Labute approximate surface area is 181 Å². The average Bonchev–Trinajstić information content (AvgIpc) is 3.42. The number of rotatable bonds is 6. The van der Waals surface area contributed by atoms with Crippen LogP contribution in [0.25, 0.3) is 28.1 Å². The van der Waals surface area contributed by atoms with Crippen molar-refractivity contribution >= 4 is 16.6 Å². The van der Waals surface area contributed by atoms with Crippen LogP contribution in [0, 0.1) is 6.92 Å². The fourth-order valence-electron chi connectivity index (χ4n) is 3.36. The third-order valence-corrected chi connectivity index (χ3v) is 4.99. The van der Waals surface area contributed by atoms with Crippen molar-refractivity contribution in [2.75, 3.05) is 7.11 Å². The predicted octanol–water partition coefficient (Wildman–Crippen LogP) is 2.41. The first-order valence-corrected chi connectivity index (χ1v) is 9.93. The van der Waals surface area contributed by atoms with Crippen LogP contribution in [-0.2, 0) is 13.2 Å². The van der Waals surface area contributed by atoms with E-state index in [4.69, 9.17) is 14.0 Å². The molecule has 162 valence electrons. The van der Waals surface area contributed by atoms with Crippen LogP contribution in [0.2, 0.25) is 0 Å². The molecular formula is C21H19N7O4. The van der Waals surface area contributed by atoms with Crippen molar-refractivity contribution in [2.45, 2.75) is 27.0 Å². The molecule has 0 saturated heterocycles. The third kappa shape index (κ3) is 3.33. The molecule has 0 N–H and O–H groups in total. The van der Waals surface area contributed by atoms with E-state index in [0.717, 1.165) is 0 Å². The Morgan fingerprint density at radius 3 is 2.78 bits per heavy atom. The van der Waals surface area contributed by atoms with Gasteiger partial charge >= 0.3 is 0 Å². The second kappa shape index (κ2) is 7.76. The van der Waals surface area contributed by atoms with Crippen molar-refractivity contribution < 1.29 is 14.0 Å². The van der Waals surface area contributed by atoms with E-state index in [-0.39, 0.29) is 18.0 Å². The molecule has 5 aromatic heterocycles. The first-order chi connectivity index (χ1) is 15.6. The van der Waals surface area contributed by atoms with Crippen LogP contribution < -0.4 is 15.0 Å². The van der Waals surface area contributed by atoms with Crippen LogP contribution in [0.4, 0.5) is 0 Å². The van der Waals surface area contributed by atoms with Crippen LogP contribution in [0.5, 0.6) is 11.6 Å². The van der Waals surface area contributed by atoms with Crippen LogP contribution in [0.1, 0.15) is 18.4 Å². The van der Waals surface area contributed by atoms with Gasteiger partial charge in [0.25, 0.3) is 11.4 Å². The van der Waals surface area contributed by atoms with Gasteiger partial charge in [-0.15, -0.1) is 15.3 Å². The summed E-state index contributed by atoms with van der Waals surface area (Å²) in [5.74, 6) is 1.71. The van der Waals surface area contributed by atoms with Gasteiger partial charge in [0.1, 0.15) is 12.4 Å². The zero-order valence-electron chi connectivity index (χ0n) is 17.6. The number of aryl methyl sites for hydroxylation is 2. The van der Waals surface area contributed by atoms with E-state index < -0.39 is 0 Å². The van der Waals surface area contributed by atoms with Gasteiger partial charge in [-0.25, -0.2) is 4.98 Å². The van der Waals surface area contributed by atoms with Crippen LogP contribution in [-0.4, -0.2) is 41.6 Å². The summed E-state index contributed by atoms with van der Waals surface area (Å²) in [7, 11) is 1.52. The molecule has 32 heavy (non-hydrogen) atoms. The lowest BCUT2D eigenvalue weighted by atomic mass is 10.2. The summed E-state index contributed by atoms with van der Waals surface area (Å²) in [6.07, 6.45) is 1.74. The van der Waals surface area contributed by atoms with Gasteiger partial charge in [-0.3, -0.25) is 4.79 Å². The standard InChI is InChI=1S/C21H19N7O4/c1-4-27-8-7-15-14(21(27)29)6-5-13(22-15)11-31-20-17(30-3)10-18-23-24-19(28(18)25-20)16-9-12(2)32-26-16/h5-10H,4,11H2,1-3H3. The van der Waals surface area contributed by atoms with Gasteiger partial charge in [-0.05, 0) is 32.0 Å². The molecule has 0 aromatic carbocycles. The number of ether oxygens (including phenoxy) is 2. The van der Waals surface area contributed by atoms with Crippen molar-refractivity contribution in [3.63, 3.8) is 0 Å². The minimum Gasteiger partial charge on any atom is -0.491 e. The Balaban J connectivity index is 1.47. The number of hydrogen-bond donors (Lipinski definition) is 0. The molecule has 5 aromatic rings. The summed E-state index contributed by atoms with van der Waals surface area (Å²) in [6.45, 7) is 4.44. The minimum absolute atomic E-state index is 0.0676. The highest BCUT2D eigenvalue weighted by atomic mass is 16.5. The molecule has 0 radical (unpaired) electrons. The maximum absolute atomic E-state index is 12.4. The van der Waals surface area contributed by atoms with Gasteiger partial charge < -0.3 is 18.6 Å². The highest BCUT2D eigenvalue weighted by Crippen LogP contribution is 2.28. The van der Waals surface area contributed by atoms with Gasteiger partial charge in [0.2, 0.25) is 5.82 Å². The van der Waals surface area contributed by atoms with Gasteiger partial charge in [0.05, 0.1) is 23.7 Å². The van der Waals surface area contributed by atoms with Gasteiger partial charge in [-0.2, -0.15) is 4.52 Å². The van der Waals surface area contributed by atoms with E-state index in [0.29, 0.717) is 51.8 Å². The lowest BCUT2D eigenvalue weighted by molar-refractivity contribution is 0.264. The Morgan fingerprint density at radius 1 is 1.16 bits per heavy atom. The summed E-state index contributed by atoms with van der Waals surface area (Å²) >= 11 is 0. The van der Waals surface area contributed by atoms with Crippen LogP contribution in [0.3, 0.4) is 0 Å². The fourth-order valence-corrected chi connectivity index (χ4v) is 3.36. The highest BCUT2D eigenvalue weighted by Gasteiger charge is 2.18. The first-order valence-electron chi connectivity index (χ1n) is 9.93. The molecule has 0 fully saturated rings. The van der Waals surface area contributed by atoms with E-state index in [1.165, 1.54) is 11.6 Å². The highest BCUT2D eigenvalue weighted by molar-refractivity contribution is 5.77. The summed E-state index contributed by atoms with van der Waals surface area (Å²) < 4.78 is 19.6. The molecule has 11 nitrogen and oxygen atoms in total. The number of pyridine rings is 2. The molecule has 0 amide bonds. The van der Waals surface area contributed by atoms with Gasteiger partial charge in [-0.1, -0.05) is 5.16 Å². The Hall–Kier alpha value is -4.28. The molecular weight excluding hydrogens is 414 g/mol. The molecule has 0 saturated carbocycles. The van der Waals surface area contributed by atoms with Crippen molar-refractivity contribution in [3.8, 4) is 23.1 Å². The molecule has 0 atom stereocenters. The van der Waals surface area contributed by atoms with Crippen molar-refractivity contribution in [2.24, 2.45) is 0 Å². The second-order valence-corrected chi connectivity index (χ2v) is 7.07. The molecule has 0 aliphatic heterocycles. The first kappa shape index (κ1) is 19.7. The van der Waals surface area contributed by atoms with E-state index in [2.05, 4.69) is 25.4 Å². The zero-order chi connectivity index (χ0) is 22.2. The van der Waals surface area contributed by atoms with Crippen LogP contribution in [0.15, 0.2) is 45.8 Å². The quantitative estimate of drug-likeness (QED) is 0.397. The summed E-state index contributed by atoms with van der Waals surface area (Å²) in [5.41, 5.74) is 2.17. The minimum atomic E-state index is -0.0676. The lowest BCUT2D eigenvalue weighted by Gasteiger charge is -2.10. The van der Waals surface area contributed by atoms with E-state index in [1.54, 1.807) is 42.0 Å². The maximum atomic E-state index is 12.4. The number of fused-ring (bicyclic) bond motifs is 2. The smallest absolute Gasteiger partial charge is 0.275 e. The van der Waals surface area contributed by atoms with Crippen molar-refractivity contribution in [3.05, 3.63) is 58.3 Å². The molecule has 5 heterocycles. The van der Waals surface area contributed by atoms with Crippen molar-refractivity contribution in [1.29, 1.82) is 0 Å². The van der Waals surface area contributed by atoms with Gasteiger partial charge in [0, 0.05) is 24.9 Å². The normalized spacial score (nSPS) is 11.3. The third-order valence-electron chi connectivity index (χ3n) is 4.99. The van der Waals surface area contributed by atoms with Crippen LogP contribution >= 0.6 is 0 Å². The predicted molar refractivity (Wildman–Crippen MR) is 114 cm³/mol. The number of aromatic nitrogens is 7. The molecule has 11 heteroatoms. The molecule has 0 aliphatic carbocycles. The number of hydrogen-bond acceptors (Lipinski definition) is 9. The second-order valence-electron chi connectivity index (χ2n) is 7.07. The molecule has 5 rings (SSSR count). The topological polar surface area (TPSA) is 122 Å². The maximum Gasteiger partial charge on any atom is 0.275 e. The Bertz CT molecular complexity index is 1500. The molecule has 0 spiro atoms. The Kier molecular flexibility index (Phi) is 4.77. The molecule has 0 aliphatic rings. The average molecular weight is 433 g/mol. The molecule has 0 unspecified atom stereocenters. The monoisotopic (exact) mass is 433 g/mol. The Morgan fingerprint density at radius 2 is 2.03 bits per heavy atom. The van der Waals surface area contributed by atoms with E-state index in [1.807, 2.05) is 13.0 Å². The van der Waals surface area contributed by atoms with Crippen molar-refractivity contribution in [1.82, 2.24) is 34.5 Å². The summed E-state index contributed by atoms with van der Waals surface area (Å²) in [5, 5.41) is 17.3.